The number of thioether (sulfide) groups is 1. The molecule has 0 saturated carbocycles. The minimum atomic E-state index is -0.909. The molecule has 1 heterocycles. The number of carbonyl (C=O) groups is 1. The molecule has 10 heteroatoms. The second-order valence-corrected chi connectivity index (χ2v) is 4.71. The van der Waals surface area contributed by atoms with E-state index in [1.54, 1.807) is 0 Å². The summed E-state index contributed by atoms with van der Waals surface area (Å²) in [7, 11) is 0. The SMILES string of the molecule is O=C(CSc1n[nH]c(=O)[nH]c1=O)Nc1c(F)cccc1F. The maximum absolute atomic E-state index is 13.3. The van der Waals surface area contributed by atoms with Crippen LogP contribution < -0.4 is 16.6 Å². The molecule has 0 fully saturated rings. The first kappa shape index (κ1) is 14.9. The minimum Gasteiger partial charge on any atom is -0.320 e. The number of benzene rings is 1. The number of aromatic nitrogens is 3. The predicted molar refractivity (Wildman–Crippen MR) is 71.2 cm³/mol. The van der Waals surface area contributed by atoms with Crippen molar-refractivity contribution >= 4 is 23.4 Å². The lowest BCUT2D eigenvalue weighted by Gasteiger charge is -2.06. The topological polar surface area (TPSA) is 108 Å². The van der Waals surface area contributed by atoms with Crippen molar-refractivity contribution < 1.29 is 13.6 Å². The van der Waals surface area contributed by atoms with Crippen LogP contribution in [0, 0.1) is 11.6 Å². The molecule has 2 rings (SSSR count). The predicted octanol–water partition coefficient (Wildman–Crippen LogP) is 0.467. The van der Waals surface area contributed by atoms with Gasteiger partial charge in [0.05, 0.1) is 5.75 Å². The maximum atomic E-state index is 13.3. The number of aromatic amines is 2. The molecular weight excluding hydrogens is 306 g/mol. The highest BCUT2D eigenvalue weighted by molar-refractivity contribution is 7.99. The Morgan fingerprint density at radius 1 is 1.29 bits per heavy atom. The first-order valence-electron chi connectivity index (χ1n) is 5.53. The molecule has 0 bridgehead atoms. The summed E-state index contributed by atoms with van der Waals surface area (Å²) in [5.41, 5.74) is -2.10. The molecule has 21 heavy (non-hydrogen) atoms. The molecule has 0 aliphatic carbocycles. The zero-order valence-electron chi connectivity index (χ0n) is 10.3. The van der Waals surface area contributed by atoms with Crippen LogP contribution in [0.4, 0.5) is 14.5 Å². The van der Waals surface area contributed by atoms with Gasteiger partial charge in [-0.15, -0.1) is 0 Å². The number of anilines is 1. The number of carbonyl (C=O) groups excluding carboxylic acids is 1. The molecule has 1 aromatic heterocycles. The van der Waals surface area contributed by atoms with Gasteiger partial charge in [0, 0.05) is 0 Å². The van der Waals surface area contributed by atoms with E-state index in [0.717, 1.165) is 12.1 Å². The Bertz CT molecular complexity index is 769. The van der Waals surface area contributed by atoms with E-state index in [1.807, 2.05) is 10.1 Å². The molecule has 0 radical (unpaired) electrons. The van der Waals surface area contributed by atoms with Crippen molar-refractivity contribution in [2.75, 3.05) is 11.1 Å². The summed E-state index contributed by atoms with van der Waals surface area (Å²) in [4.78, 5) is 35.6. The number of para-hydroxylation sites is 1. The van der Waals surface area contributed by atoms with Gasteiger partial charge >= 0.3 is 5.69 Å². The van der Waals surface area contributed by atoms with Crippen molar-refractivity contribution in [3.05, 3.63) is 50.7 Å². The summed E-state index contributed by atoms with van der Waals surface area (Å²) in [5.74, 6) is -2.85. The zero-order valence-corrected chi connectivity index (χ0v) is 11.1. The van der Waals surface area contributed by atoms with E-state index in [4.69, 9.17) is 0 Å². The van der Waals surface area contributed by atoms with Gasteiger partial charge in [-0.1, -0.05) is 17.8 Å². The average Bonchev–Trinajstić information content (AvgIpc) is 2.42. The Hall–Kier alpha value is -2.49. The second kappa shape index (κ2) is 6.31. The number of hydrogen-bond acceptors (Lipinski definition) is 5. The van der Waals surface area contributed by atoms with Gasteiger partial charge in [0.15, 0.2) is 5.03 Å². The van der Waals surface area contributed by atoms with Crippen molar-refractivity contribution in [1.29, 1.82) is 0 Å². The largest absolute Gasteiger partial charge is 0.342 e. The highest BCUT2D eigenvalue weighted by Crippen LogP contribution is 2.18. The number of amides is 1. The van der Waals surface area contributed by atoms with E-state index in [9.17, 15) is 23.2 Å². The van der Waals surface area contributed by atoms with E-state index in [2.05, 4.69) is 10.4 Å². The molecule has 1 amide bonds. The number of rotatable bonds is 4. The van der Waals surface area contributed by atoms with Crippen LogP contribution in [0.2, 0.25) is 0 Å². The fourth-order valence-electron chi connectivity index (χ4n) is 1.36. The lowest BCUT2D eigenvalue weighted by Crippen LogP contribution is -2.26. The van der Waals surface area contributed by atoms with E-state index in [0.29, 0.717) is 11.8 Å². The molecule has 110 valence electrons. The van der Waals surface area contributed by atoms with Gasteiger partial charge in [-0.25, -0.2) is 18.7 Å². The molecule has 0 atom stereocenters. The Kier molecular flexibility index (Phi) is 4.48. The number of nitrogens with one attached hydrogen (secondary N) is 3. The smallest absolute Gasteiger partial charge is 0.320 e. The van der Waals surface area contributed by atoms with Crippen LogP contribution in [-0.4, -0.2) is 26.8 Å². The standard InChI is InChI=1S/C11H8F2N4O3S/c12-5-2-1-3-6(13)8(5)14-7(18)4-21-10-9(19)15-11(20)17-16-10/h1-3H,4H2,(H,14,18)(H2,15,17,19,20). The van der Waals surface area contributed by atoms with Crippen LogP contribution in [0.5, 0.6) is 0 Å². The molecule has 0 aliphatic heterocycles. The number of nitrogens with zero attached hydrogens (tertiary/aromatic N) is 1. The molecule has 3 N–H and O–H groups in total. The minimum absolute atomic E-state index is 0.140. The molecule has 7 nitrogen and oxygen atoms in total. The summed E-state index contributed by atoms with van der Waals surface area (Å²) < 4.78 is 26.6. The molecule has 2 aromatic rings. The first-order valence-corrected chi connectivity index (χ1v) is 6.51. The fraction of sp³-hybridized carbons (Fsp3) is 0.0909. The van der Waals surface area contributed by atoms with Crippen LogP contribution in [0.25, 0.3) is 0 Å². The van der Waals surface area contributed by atoms with E-state index < -0.39 is 34.5 Å². The summed E-state index contributed by atoms with van der Waals surface area (Å²) in [5, 5.41) is 7.36. The van der Waals surface area contributed by atoms with Crippen LogP contribution in [0.1, 0.15) is 0 Å². The monoisotopic (exact) mass is 314 g/mol. The molecule has 0 unspecified atom stereocenters. The highest BCUT2D eigenvalue weighted by Gasteiger charge is 2.13. The first-order chi connectivity index (χ1) is 9.97. The Morgan fingerprint density at radius 3 is 2.57 bits per heavy atom. The molecular formula is C11H8F2N4O3S. The van der Waals surface area contributed by atoms with E-state index >= 15 is 0 Å². The lowest BCUT2D eigenvalue weighted by atomic mass is 10.3. The quantitative estimate of drug-likeness (QED) is 0.711. The molecule has 0 spiro atoms. The summed E-state index contributed by atoms with van der Waals surface area (Å²) in [6, 6.07) is 3.17. The van der Waals surface area contributed by atoms with E-state index in [1.165, 1.54) is 6.07 Å². The van der Waals surface area contributed by atoms with Gasteiger partial charge in [0.1, 0.15) is 17.3 Å². The van der Waals surface area contributed by atoms with Gasteiger partial charge < -0.3 is 5.32 Å². The fourth-order valence-corrected chi connectivity index (χ4v) is 1.99. The van der Waals surface area contributed by atoms with Crippen molar-refractivity contribution in [3.63, 3.8) is 0 Å². The van der Waals surface area contributed by atoms with Crippen molar-refractivity contribution in [2.24, 2.45) is 0 Å². The van der Waals surface area contributed by atoms with Crippen LogP contribution in [0.15, 0.2) is 32.8 Å². The van der Waals surface area contributed by atoms with Crippen molar-refractivity contribution in [3.8, 4) is 0 Å². The number of H-pyrrole nitrogens is 2. The van der Waals surface area contributed by atoms with Crippen LogP contribution in [-0.2, 0) is 4.79 Å². The zero-order chi connectivity index (χ0) is 15.4. The van der Waals surface area contributed by atoms with E-state index in [-0.39, 0.29) is 10.8 Å². The third-order valence-corrected chi connectivity index (χ3v) is 3.20. The summed E-state index contributed by atoms with van der Waals surface area (Å²) in [6.45, 7) is 0. The molecule has 0 aliphatic rings. The second-order valence-electron chi connectivity index (χ2n) is 3.75. The van der Waals surface area contributed by atoms with Gasteiger partial charge in [0.2, 0.25) is 5.91 Å². The normalized spacial score (nSPS) is 10.4. The Morgan fingerprint density at radius 2 is 1.95 bits per heavy atom. The lowest BCUT2D eigenvalue weighted by molar-refractivity contribution is -0.113. The third kappa shape index (κ3) is 3.75. The van der Waals surface area contributed by atoms with Crippen LogP contribution >= 0.6 is 11.8 Å². The van der Waals surface area contributed by atoms with Gasteiger partial charge in [0.25, 0.3) is 5.56 Å². The number of halogens is 2. The summed E-state index contributed by atoms with van der Waals surface area (Å²) in [6.07, 6.45) is 0. The van der Waals surface area contributed by atoms with Gasteiger partial charge in [-0.3, -0.25) is 14.6 Å². The Balaban J connectivity index is 2.03. The molecule has 0 saturated heterocycles. The van der Waals surface area contributed by atoms with Gasteiger partial charge in [-0.2, -0.15) is 5.10 Å². The molecule has 1 aromatic carbocycles. The number of hydrogen-bond donors (Lipinski definition) is 3. The van der Waals surface area contributed by atoms with Gasteiger partial charge in [-0.05, 0) is 12.1 Å². The van der Waals surface area contributed by atoms with Crippen molar-refractivity contribution in [1.82, 2.24) is 15.2 Å². The highest BCUT2D eigenvalue weighted by atomic mass is 32.2. The Labute approximate surface area is 119 Å². The third-order valence-electron chi connectivity index (χ3n) is 2.25. The average molecular weight is 314 g/mol. The van der Waals surface area contributed by atoms with Crippen molar-refractivity contribution in [2.45, 2.75) is 5.03 Å². The van der Waals surface area contributed by atoms with Crippen LogP contribution in [0.3, 0.4) is 0 Å². The summed E-state index contributed by atoms with van der Waals surface area (Å²) >= 11 is 0.713. The maximum Gasteiger partial charge on any atom is 0.342 e.